The van der Waals surface area contributed by atoms with Gasteiger partial charge in [-0.1, -0.05) is 54.6 Å². The first-order chi connectivity index (χ1) is 16.2. The summed E-state index contributed by atoms with van der Waals surface area (Å²) in [6.07, 6.45) is 3.37. The highest BCUT2D eigenvalue weighted by Crippen LogP contribution is 2.29. The quantitative estimate of drug-likeness (QED) is 0.479. The second kappa shape index (κ2) is 11.4. The SMILES string of the molecule is COc1ccc(CCC(=O)NCC2CCCN2c2ccccc2)cc1OCc1ccccc1. The van der Waals surface area contributed by atoms with Crippen molar-refractivity contribution >= 4 is 11.6 Å². The summed E-state index contributed by atoms with van der Waals surface area (Å²) in [6.45, 7) is 2.20. The number of hydrogen-bond donors (Lipinski definition) is 1. The van der Waals surface area contributed by atoms with E-state index >= 15 is 0 Å². The number of anilines is 1. The molecule has 1 N–H and O–H groups in total. The van der Waals surface area contributed by atoms with E-state index in [1.165, 1.54) is 5.69 Å². The fraction of sp³-hybridized carbons (Fsp3) is 0.321. The van der Waals surface area contributed by atoms with Crippen molar-refractivity contribution < 1.29 is 14.3 Å². The topological polar surface area (TPSA) is 50.8 Å². The molecule has 3 aromatic rings. The number of para-hydroxylation sites is 1. The van der Waals surface area contributed by atoms with E-state index in [0.29, 0.717) is 43.5 Å². The van der Waals surface area contributed by atoms with Crippen LogP contribution in [0.1, 0.15) is 30.4 Å². The van der Waals surface area contributed by atoms with Gasteiger partial charge >= 0.3 is 0 Å². The van der Waals surface area contributed by atoms with E-state index in [2.05, 4.69) is 34.5 Å². The smallest absolute Gasteiger partial charge is 0.220 e. The second-order valence-corrected chi connectivity index (χ2v) is 8.39. The van der Waals surface area contributed by atoms with E-state index in [4.69, 9.17) is 9.47 Å². The van der Waals surface area contributed by atoms with Crippen LogP contribution in [0.15, 0.2) is 78.9 Å². The minimum absolute atomic E-state index is 0.0810. The van der Waals surface area contributed by atoms with Gasteiger partial charge in [0.1, 0.15) is 6.61 Å². The molecule has 0 bridgehead atoms. The van der Waals surface area contributed by atoms with Crippen LogP contribution in [0.2, 0.25) is 0 Å². The van der Waals surface area contributed by atoms with Crippen molar-refractivity contribution in [3.63, 3.8) is 0 Å². The highest BCUT2D eigenvalue weighted by molar-refractivity contribution is 5.76. The predicted molar refractivity (Wildman–Crippen MR) is 132 cm³/mol. The van der Waals surface area contributed by atoms with Gasteiger partial charge in [-0.2, -0.15) is 0 Å². The number of carbonyl (C=O) groups is 1. The molecular formula is C28H32N2O3. The van der Waals surface area contributed by atoms with Crippen LogP contribution in [0.4, 0.5) is 5.69 Å². The van der Waals surface area contributed by atoms with Gasteiger partial charge in [-0.05, 0) is 54.7 Å². The van der Waals surface area contributed by atoms with Crippen LogP contribution >= 0.6 is 0 Å². The Balaban J connectivity index is 1.28. The van der Waals surface area contributed by atoms with Crippen LogP contribution in [-0.4, -0.2) is 32.1 Å². The third-order valence-corrected chi connectivity index (χ3v) is 6.11. The maximum atomic E-state index is 12.5. The number of ether oxygens (including phenoxy) is 2. The van der Waals surface area contributed by atoms with E-state index in [1.807, 2.05) is 54.6 Å². The van der Waals surface area contributed by atoms with Gasteiger partial charge in [0, 0.05) is 31.2 Å². The fourth-order valence-corrected chi connectivity index (χ4v) is 4.31. The number of benzene rings is 3. The van der Waals surface area contributed by atoms with E-state index in [9.17, 15) is 4.79 Å². The molecule has 1 unspecified atom stereocenters. The van der Waals surface area contributed by atoms with E-state index in [1.54, 1.807) is 7.11 Å². The van der Waals surface area contributed by atoms with Gasteiger partial charge in [0.2, 0.25) is 5.91 Å². The molecule has 0 radical (unpaired) electrons. The van der Waals surface area contributed by atoms with Crippen molar-refractivity contribution in [2.45, 2.75) is 38.3 Å². The Labute approximate surface area is 196 Å². The van der Waals surface area contributed by atoms with Crippen molar-refractivity contribution in [1.82, 2.24) is 5.32 Å². The van der Waals surface area contributed by atoms with Gasteiger partial charge in [0.05, 0.1) is 7.11 Å². The summed E-state index contributed by atoms with van der Waals surface area (Å²) >= 11 is 0. The molecule has 1 atom stereocenters. The minimum Gasteiger partial charge on any atom is -0.493 e. The van der Waals surface area contributed by atoms with Crippen LogP contribution in [0, 0.1) is 0 Å². The largest absolute Gasteiger partial charge is 0.493 e. The Kier molecular flexibility index (Phi) is 7.85. The molecule has 1 fully saturated rings. The Hall–Kier alpha value is -3.47. The number of methoxy groups -OCH3 is 1. The van der Waals surface area contributed by atoms with Gasteiger partial charge in [-0.3, -0.25) is 4.79 Å². The maximum Gasteiger partial charge on any atom is 0.220 e. The van der Waals surface area contributed by atoms with Gasteiger partial charge < -0.3 is 19.7 Å². The maximum absolute atomic E-state index is 12.5. The molecule has 0 saturated carbocycles. The lowest BCUT2D eigenvalue weighted by Crippen LogP contribution is -2.40. The average molecular weight is 445 g/mol. The summed E-state index contributed by atoms with van der Waals surface area (Å²) < 4.78 is 11.4. The van der Waals surface area contributed by atoms with Gasteiger partial charge in [-0.25, -0.2) is 0 Å². The van der Waals surface area contributed by atoms with Crippen molar-refractivity contribution in [3.8, 4) is 11.5 Å². The number of aryl methyl sites for hydroxylation is 1. The molecule has 5 heteroatoms. The second-order valence-electron chi connectivity index (χ2n) is 8.39. The Morgan fingerprint density at radius 3 is 2.48 bits per heavy atom. The summed E-state index contributed by atoms with van der Waals surface area (Å²) in [5, 5.41) is 3.14. The summed E-state index contributed by atoms with van der Waals surface area (Å²) in [5.74, 6) is 1.47. The molecule has 1 aliphatic heterocycles. The van der Waals surface area contributed by atoms with Crippen LogP contribution in [0.5, 0.6) is 11.5 Å². The Morgan fingerprint density at radius 1 is 0.970 bits per heavy atom. The van der Waals surface area contributed by atoms with Crippen LogP contribution in [0.25, 0.3) is 0 Å². The first-order valence-electron chi connectivity index (χ1n) is 11.6. The van der Waals surface area contributed by atoms with E-state index < -0.39 is 0 Å². The third-order valence-electron chi connectivity index (χ3n) is 6.11. The number of rotatable bonds is 10. The fourth-order valence-electron chi connectivity index (χ4n) is 4.31. The highest BCUT2D eigenvalue weighted by Gasteiger charge is 2.24. The lowest BCUT2D eigenvalue weighted by atomic mass is 10.1. The lowest BCUT2D eigenvalue weighted by Gasteiger charge is -2.27. The standard InChI is InChI=1S/C28H32N2O3/c1-32-26-16-14-22(19-27(26)33-21-23-9-4-2-5-10-23)15-17-28(31)29-20-25-13-8-18-30(25)24-11-6-3-7-12-24/h2-7,9-12,14,16,19,25H,8,13,15,17-18,20-21H2,1H3,(H,29,31). The molecule has 1 aliphatic rings. The number of nitrogens with zero attached hydrogens (tertiary/aromatic N) is 1. The van der Waals surface area contributed by atoms with Crippen molar-refractivity contribution in [2.24, 2.45) is 0 Å². The van der Waals surface area contributed by atoms with Crippen LogP contribution in [-0.2, 0) is 17.8 Å². The van der Waals surface area contributed by atoms with E-state index in [0.717, 1.165) is 30.5 Å². The molecule has 4 rings (SSSR count). The number of hydrogen-bond acceptors (Lipinski definition) is 4. The van der Waals surface area contributed by atoms with E-state index in [-0.39, 0.29) is 5.91 Å². The van der Waals surface area contributed by atoms with Gasteiger partial charge in [-0.15, -0.1) is 0 Å². The molecule has 3 aromatic carbocycles. The first-order valence-corrected chi connectivity index (χ1v) is 11.6. The predicted octanol–water partition coefficient (Wildman–Crippen LogP) is 4.99. The zero-order chi connectivity index (χ0) is 22.9. The molecule has 1 saturated heterocycles. The summed E-state index contributed by atoms with van der Waals surface area (Å²) in [4.78, 5) is 15.0. The van der Waals surface area contributed by atoms with Crippen LogP contribution in [0.3, 0.4) is 0 Å². The lowest BCUT2D eigenvalue weighted by molar-refractivity contribution is -0.121. The molecule has 0 aliphatic carbocycles. The van der Waals surface area contributed by atoms with Crippen molar-refractivity contribution in [3.05, 3.63) is 90.0 Å². The summed E-state index contributed by atoms with van der Waals surface area (Å²) in [7, 11) is 1.64. The molecule has 0 spiro atoms. The number of amides is 1. The molecule has 5 nitrogen and oxygen atoms in total. The molecule has 33 heavy (non-hydrogen) atoms. The number of nitrogens with one attached hydrogen (secondary N) is 1. The van der Waals surface area contributed by atoms with Gasteiger partial charge in [0.15, 0.2) is 11.5 Å². The van der Waals surface area contributed by atoms with Crippen LogP contribution < -0.4 is 19.7 Å². The van der Waals surface area contributed by atoms with Crippen molar-refractivity contribution in [1.29, 1.82) is 0 Å². The summed E-state index contributed by atoms with van der Waals surface area (Å²) in [5.41, 5.74) is 3.39. The van der Waals surface area contributed by atoms with Gasteiger partial charge in [0.25, 0.3) is 0 Å². The summed E-state index contributed by atoms with van der Waals surface area (Å²) in [6, 6.07) is 26.7. The first kappa shape index (κ1) is 22.7. The molecule has 0 aromatic heterocycles. The highest BCUT2D eigenvalue weighted by atomic mass is 16.5. The Morgan fingerprint density at radius 2 is 1.73 bits per heavy atom. The minimum atomic E-state index is 0.0810. The molecule has 1 amide bonds. The van der Waals surface area contributed by atoms with Crippen molar-refractivity contribution in [2.75, 3.05) is 25.1 Å². The molecule has 172 valence electrons. The normalized spacial score (nSPS) is 15.3. The Bertz CT molecular complexity index is 1020. The monoisotopic (exact) mass is 444 g/mol. The zero-order valence-corrected chi connectivity index (χ0v) is 19.2. The zero-order valence-electron chi connectivity index (χ0n) is 19.2. The third kappa shape index (κ3) is 6.28. The number of carbonyl (C=O) groups excluding carboxylic acids is 1. The molecule has 1 heterocycles. The average Bonchev–Trinajstić information content (AvgIpc) is 3.35. The molecular weight excluding hydrogens is 412 g/mol.